The van der Waals surface area contributed by atoms with Crippen LogP contribution in [0.2, 0.25) is 0 Å². The van der Waals surface area contributed by atoms with Gasteiger partial charge in [0.1, 0.15) is 6.10 Å². The lowest BCUT2D eigenvalue weighted by Gasteiger charge is -2.16. The van der Waals surface area contributed by atoms with Gasteiger partial charge in [-0.15, -0.1) is 0 Å². The predicted octanol–water partition coefficient (Wildman–Crippen LogP) is 3.18. The maximum absolute atomic E-state index is 10.0. The van der Waals surface area contributed by atoms with E-state index in [1.54, 1.807) is 0 Å². The summed E-state index contributed by atoms with van der Waals surface area (Å²) in [6.07, 6.45) is -0.759. The number of fused-ring (bicyclic) bond motifs is 3. The molecule has 3 atom stereocenters. The zero-order valence-electron chi connectivity index (χ0n) is 12.1. The fourth-order valence-electron chi connectivity index (χ4n) is 3.44. The van der Waals surface area contributed by atoms with Crippen molar-refractivity contribution in [2.24, 2.45) is 0 Å². The summed E-state index contributed by atoms with van der Waals surface area (Å²) in [5.41, 5.74) is 1.09. The van der Waals surface area contributed by atoms with Crippen LogP contribution >= 0.6 is 0 Å². The molecule has 0 aliphatic carbocycles. The summed E-state index contributed by atoms with van der Waals surface area (Å²) in [6.45, 7) is -0.150. The first-order valence-corrected chi connectivity index (χ1v) is 7.62. The van der Waals surface area contributed by atoms with Gasteiger partial charge in [0.15, 0.2) is 0 Å². The zero-order chi connectivity index (χ0) is 15.1. The number of hydrogen-bond acceptors (Lipinski definition) is 3. The Hall–Kier alpha value is -1.94. The molecule has 0 aromatic heterocycles. The van der Waals surface area contributed by atoms with Gasteiger partial charge in [-0.2, -0.15) is 0 Å². The first kappa shape index (κ1) is 13.7. The number of aliphatic hydroxyl groups excluding tert-OH is 2. The van der Waals surface area contributed by atoms with Crippen molar-refractivity contribution in [1.82, 2.24) is 0 Å². The molecule has 1 aliphatic rings. The van der Waals surface area contributed by atoms with E-state index in [4.69, 9.17) is 4.74 Å². The van der Waals surface area contributed by atoms with E-state index in [0.29, 0.717) is 6.42 Å². The van der Waals surface area contributed by atoms with E-state index in [-0.39, 0.29) is 12.7 Å². The molecule has 1 heterocycles. The lowest BCUT2D eigenvalue weighted by atomic mass is 9.93. The zero-order valence-corrected chi connectivity index (χ0v) is 12.1. The van der Waals surface area contributed by atoms with Crippen molar-refractivity contribution in [2.45, 2.75) is 24.7 Å². The van der Waals surface area contributed by atoms with Crippen LogP contribution in [0, 0.1) is 0 Å². The number of ether oxygens (including phenoxy) is 1. The highest BCUT2D eigenvalue weighted by molar-refractivity contribution is 6.09. The molecule has 112 valence electrons. The molecule has 0 spiro atoms. The standard InChI is InChI=1S/C19H18O3/c20-11-19-17(21)10-18(22-19)16-9-12-5-1-2-6-13(12)14-7-3-4-8-15(14)16/h1-9,17-21H,10-11H2/t17-,18+,19+/m0/s1. The molecule has 1 aliphatic heterocycles. The third-order valence-electron chi connectivity index (χ3n) is 4.55. The van der Waals surface area contributed by atoms with Crippen molar-refractivity contribution < 1.29 is 14.9 Å². The molecule has 3 nitrogen and oxygen atoms in total. The van der Waals surface area contributed by atoms with Crippen molar-refractivity contribution in [3.05, 3.63) is 60.2 Å². The van der Waals surface area contributed by atoms with Crippen LogP contribution in [0.5, 0.6) is 0 Å². The summed E-state index contributed by atoms with van der Waals surface area (Å²) in [5.74, 6) is 0. The average Bonchev–Trinajstić information content (AvgIpc) is 2.95. The first-order chi connectivity index (χ1) is 10.8. The molecule has 3 heteroatoms. The second-order valence-electron chi connectivity index (χ2n) is 5.88. The Morgan fingerprint density at radius 2 is 1.64 bits per heavy atom. The van der Waals surface area contributed by atoms with Gasteiger partial charge in [-0.05, 0) is 33.2 Å². The normalized spacial score (nSPS) is 25.1. The Morgan fingerprint density at radius 1 is 0.955 bits per heavy atom. The highest BCUT2D eigenvalue weighted by Gasteiger charge is 2.35. The minimum Gasteiger partial charge on any atom is -0.394 e. The topological polar surface area (TPSA) is 49.7 Å². The Labute approximate surface area is 128 Å². The van der Waals surface area contributed by atoms with E-state index in [9.17, 15) is 10.2 Å². The molecule has 3 aromatic carbocycles. The average molecular weight is 294 g/mol. The largest absolute Gasteiger partial charge is 0.394 e. The molecule has 2 N–H and O–H groups in total. The lowest BCUT2D eigenvalue weighted by Crippen LogP contribution is -2.24. The van der Waals surface area contributed by atoms with Gasteiger partial charge in [0.25, 0.3) is 0 Å². The first-order valence-electron chi connectivity index (χ1n) is 7.62. The maximum Gasteiger partial charge on any atom is 0.107 e. The summed E-state index contributed by atoms with van der Waals surface area (Å²) in [7, 11) is 0. The SMILES string of the molecule is OC[C@H]1O[C@@H](c2cc3ccccc3c3ccccc23)C[C@@H]1O. The summed E-state index contributed by atoms with van der Waals surface area (Å²) in [4.78, 5) is 0. The Morgan fingerprint density at radius 3 is 2.36 bits per heavy atom. The molecular formula is C19H18O3. The molecule has 0 radical (unpaired) electrons. The maximum atomic E-state index is 10.0. The molecule has 4 rings (SSSR count). The Balaban J connectivity index is 1.93. The van der Waals surface area contributed by atoms with Gasteiger partial charge in [-0.3, -0.25) is 0 Å². The van der Waals surface area contributed by atoms with Gasteiger partial charge in [-0.25, -0.2) is 0 Å². The van der Waals surface area contributed by atoms with E-state index in [2.05, 4.69) is 30.3 Å². The van der Waals surface area contributed by atoms with E-state index in [1.165, 1.54) is 16.2 Å². The number of aliphatic hydroxyl groups is 2. The van der Waals surface area contributed by atoms with Crippen molar-refractivity contribution in [3.63, 3.8) is 0 Å². The smallest absolute Gasteiger partial charge is 0.107 e. The Kier molecular flexibility index (Phi) is 3.34. The van der Waals surface area contributed by atoms with Crippen LogP contribution < -0.4 is 0 Å². The summed E-state index contributed by atoms with van der Waals surface area (Å²) >= 11 is 0. The van der Waals surface area contributed by atoms with Gasteiger partial charge in [0.2, 0.25) is 0 Å². The van der Waals surface area contributed by atoms with Crippen LogP contribution in [0.4, 0.5) is 0 Å². The minimum absolute atomic E-state index is 0.150. The summed E-state index contributed by atoms with van der Waals surface area (Å²) < 4.78 is 5.87. The molecule has 1 fully saturated rings. The predicted molar refractivity (Wildman–Crippen MR) is 86.8 cm³/mol. The monoisotopic (exact) mass is 294 g/mol. The lowest BCUT2D eigenvalue weighted by molar-refractivity contribution is -0.0221. The third-order valence-corrected chi connectivity index (χ3v) is 4.55. The van der Waals surface area contributed by atoms with Gasteiger partial charge < -0.3 is 14.9 Å². The van der Waals surface area contributed by atoms with E-state index >= 15 is 0 Å². The van der Waals surface area contributed by atoms with Crippen LogP contribution in [-0.2, 0) is 4.74 Å². The van der Waals surface area contributed by atoms with Crippen molar-refractivity contribution >= 4 is 21.5 Å². The molecule has 0 unspecified atom stereocenters. The molecule has 0 bridgehead atoms. The van der Waals surface area contributed by atoms with Crippen LogP contribution in [-0.4, -0.2) is 29.0 Å². The number of rotatable bonds is 2. The summed E-state index contributed by atoms with van der Waals surface area (Å²) in [5, 5.41) is 24.1. The molecule has 3 aromatic rings. The molecule has 1 saturated heterocycles. The molecule has 0 saturated carbocycles. The van der Waals surface area contributed by atoms with Gasteiger partial charge in [0.05, 0.1) is 18.8 Å². The third kappa shape index (κ3) is 2.10. The summed E-state index contributed by atoms with van der Waals surface area (Å²) in [6, 6.07) is 18.7. The molecule has 22 heavy (non-hydrogen) atoms. The van der Waals surface area contributed by atoms with E-state index < -0.39 is 12.2 Å². The number of benzene rings is 3. The highest BCUT2D eigenvalue weighted by atomic mass is 16.5. The fourth-order valence-corrected chi connectivity index (χ4v) is 3.44. The highest BCUT2D eigenvalue weighted by Crippen LogP contribution is 2.39. The van der Waals surface area contributed by atoms with Crippen molar-refractivity contribution in [3.8, 4) is 0 Å². The van der Waals surface area contributed by atoms with E-state index in [1.807, 2.05) is 24.3 Å². The van der Waals surface area contributed by atoms with Crippen LogP contribution in [0.25, 0.3) is 21.5 Å². The minimum atomic E-state index is -0.611. The van der Waals surface area contributed by atoms with Gasteiger partial charge >= 0.3 is 0 Å². The van der Waals surface area contributed by atoms with Crippen molar-refractivity contribution in [1.29, 1.82) is 0 Å². The van der Waals surface area contributed by atoms with Gasteiger partial charge in [0, 0.05) is 6.42 Å². The van der Waals surface area contributed by atoms with Crippen LogP contribution in [0.15, 0.2) is 54.6 Å². The Bertz CT molecular complexity index is 827. The number of hydrogen-bond donors (Lipinski definition) is 2. The second-order valence-corrected chi connectivity index (χ2v) is 5.88. The molecular weight excluding hydrogens is 276 g/mol. The van der Waals surface area contributed by atoms with Gasteiger partial charge in [-0.1, -0.05) is 48.5 Å². The van der Waals surface area contributed by atoms with Crippen LogP contribution in [0.1, 0.15) is 18.1 Å². The van der Waals surface area contributed by atoms with E-state index in [0.717, 1.165) is 10.9 Å². The van der Waals surface area contributed by atoms with Crippen molar-refractivity contribution in [2.75, 3.05) is 6.61 Å². The van der Waals surface area contributed by atoms with Crippen LogP contribution in [0.3, 0.4) is 0 Å². The molecule has 0 amide bonds. The quantitative estimate of drug-likeness (QED) is 0.714. The second kappa shape index (κ2) is 5.36. The fraction of sp³-hybridized carbons (Fsp3) is 0.263.